The van der Waals surface area contributed by atoms with Crippen molar-refractivity contribution in [3.63, 3.8) is 0 Å². The molecule has 1 fully saturated rings. The topological polar surface area (TPSA) is 87.3 Å². The first-order valence-corrected chi connectivity index (χ1v) is 9.77. The van der Waals surface area contributed by atoms with E-state index in [1.54, 1.807) is 37.6 Å². The Bertz CT molecular complexity index is 1020. The van der Waals surface area contributed by atoms with Gasteiger partial charge in [-0.15, -0.1) is 0 Å². The van der Waals surface area contributed by atoms with E-state index in [1.807, 2.05) is 17.2 Å². The Labute approximate surface area is 169 Å². The number of ether oxygens (including phenoxy) is 1. The van der Waals surface area contributed by atoms with E-state index in [2.05, 4.69) is 21.4 Å². The number of aromatic nitrogens is 2. The number of amides is 2. The van der Waals surface area contributed by atoms with E-state index in [0.717, 1.165) is 23.9 Å². The van der Waals surface area contributed by atoms with Crippen LogP contribution in [0.4, 0.5) is 0 Å². The average molecular weight is 392 g/mol. The fourth-order valence-electron chi connectivity index (χ4n) is 3.89. The third-order valence-electron chi connectivity index (χ3n) is 5.50. The normalized spacial score (nSPS) is 14.7. The Morgan fingerprint density at radius 3 is 2.86 bits per heavy atom. The van der Waals surface area contributed by atoms with Crippen molar-refractivity contribution in [2.24, 2.45) is 0 Å². The summed E-state index contributed by atoms with van der Waals surface area (Å²) in [5, 5.41) is 3.87. The van der Waals surface area contributed by atoms with Crippen LogP contribution in [-0.2, 0) is 4.79 Å². The molecule has 0 bridgehead atoms. The number of methoxy groups -OCH3 is 1. The second-order valence-electron chi connectivity index (χ2n) is 7.21. The molecule has 150 valence electrons. The first-order chi connectivity index (χ1) is 14.2. The molecule has 7 nitrogen and oxygen atoms in total. The maximum absolute atomic E-state index is 12.5. The van der Waals surface area contributed by atoms with E-state index in [0.29, 0.717) is 30.3 Å². The molecule has 1 aliphatic rings. The predicted octanol–water partition coefficient (Wildman–Crippen LogP) is 2.71. The lowest BCUT2D eigenvalue weighted by atomic mass is 9.89. The molecule has 0 spiro atoms. The third kappa shape index (κ3) is 4.08. The number of pyridine rings is 1. The number of aromatic amines is 1. The number of fused-ring (bicyclic) bond motifs is 1. The maximum atomic E-state index is 12.5. The van der Waals surface area contributed by atoms with Gasteiger partial charge in [0, 0.05) is 36.4 Å². The SMILES string of the molecule is COc1cccc(C(=O)NCC(=O)N2CCC(c3c[nH]c4ncccc34)CC2)c1. The molecule has 7 heteroatoms. The lowest BCUT2D eigenvalue weighted by Gasteiger charge is -2.32. The minimum absolute atomic E-state index is 0.00227. The van der Waals surface area contributed by atoms with Gasteiger partial charge in [-0.1, -0.05) is 6.07 Å². The highest BCUT2D eigenvalue weighted by atomic mass is 16.5. The van der Waals surface area contributed by atoms with Crippen LogP contribution in [0, 0.1) is 0 Å². The van der Waals surface area contributed by atoms with Crippen molar-refractivity contribution in [2.45, 2.75) is 18.8 Å². The van der Waals surface area contributed by atoms with Crippen LogP contribution in [0.1, 0.15) is 34.7 Å². The van der Waals surface area contributed by atoms with Crippen molar-refractivity contribution >= 4 is 22.8 Å². The summed E-state index contributed by atoms with van der Waals surface area (Å²) in [5.74, 6) is 0.681. The molecule has 29 heavy (non-hydrogen) atoms. The van der Waals surface area contributed by atoms with Gasteiger partial charge < -0.3 is 19.9 Å². The summed E-state index contributed by atoms with van der Waals surface area (Å²) in [6.07, 6.45) is 5.62. The van der Waals surface area contributed by atoms with Gasteiger partial charge in [-0.3, -0.25) is 9.59 Å². The molecule has 1 saturated heterocycles. The molecular weight excluding hydrogens is 368 g/mol. The summed E-state index contributed by atoms with van der Waals surface area (Å²) in [7, 11) is 1.55. The Kier molecular flexibility index (Phi) is 5.46. The van der Waals surface area contributed by atoms with Crippen LogP contribution in [0.5, 0.6) is 5.75 Å². The summed E-state index contributed by atoms with van der Waals surface area (Å²) in [6, 6.07) is 10.9. The second kappa shape index (κ2) is 8.34. The summed E-state index contributed by atoms with van der Waals surface area (Å²) in [5.41, 5.74) is 2.65. The molecule has 4 rings (SSSR count). The molecule has 0 unspecified atom stereocenters. The van der Waals surface area contributed by atoms with Gasteiger partial charge >= 0.3 is 0 Å². The highest BCUT2D eigenvalue weighted by Crippen LogP contribution is 2.32. The first kappa shape index (κ1) is 19.0. The Morgan fingerprint density at radius 2 is 2.07 bits per heavy atom. The quantitative estimate of drug-likeness (QED) is 0.699. The number of nitrogens with zero attached hydrogens (tertiary/aromatic N) is 2. The van der Waals surface area contributed by atoms with Crippen molar-refractivity contribution in [2.75, 3.05) is 26.7 Å². The molecule has 0 atom stereocenters. The lowest BCUT2D eigenvalue weighted by molar-refractivity contribution is -0.131. The van der Waals surface area contributed by atoms with E-state index in [4.69, 9.17) is 4.74 Å². The van der Waals surface area contributed by atoms with Gasteiger partial charge in [0.1, 0.15) is 11.4 Å². The molecule has 2 N–H and O–H groups in total. The van der Waals surface area contributed by atoms with Crippen molar-refractivity contribution in [3.8, 4) is 5.75 Å². The summed E-state index contributed by atoms with van der Waals surface area (Å²) in [6.45, 7) is 1.37. The largest absolute Gasteiger partial charge is 0.497 e. The van der Waals surface area contributed by atoms with E-state index in [-0.39, 0.29) is 18.4 Å². The number of benzene rings is 1. The van der Waals surface area contributed by atoms with Crippen LogP contribution in [0.15, 0.2) is 48.8 Å². The molecule has 3 aromatic rings. The zero-order chi connectivity index (χ0) is 20.2. The fraction of sp³-hybridized carbons (Fsp3) is 0.318. The van der Waals surface area contributed by atoms with Gasteiger partial charge in [0.15, 0.2) is 0 Å². The second-order valence-corrected chi connectivity index (χ2v) is 7.21. The first-order valence-electron chi connectivity index (χ1n) is 9.77. The molecule has 2 amide bonds. The van der Waals surface area contributed by atoms with Gasteiger partial charge in [0.25, 0.3) is 5.91 Å². The Balaban J connectivity index is 1.30. The number of hydrogen-bond acceptors (Lipinski definition) is 4. The minimum Gasteiger partial charge on any atom is -0.497 e. The maximum Gasteiger partial charge on any atom is 0.251 e. The van der Waals surface area contributed by atoms with Crippen molar-refractivity contribution < 1.29 is 14.3 Å². The van der Waals surface area contributed by atoms with Gasteiger partial charge in [-0.2, -0.15) is 0 Å². The van der Waals surface area contributed by atoms with Gasteiger partial charge in [0.05, 0.1) is 13.7 Å². The van der Waals surface area contributed by atoms with Crippen LogP contribution in [-0.4, -0.2) is 53.4 Å². The number of rotatable bonds is 5. The van der Waals surface area contributed by atoms with Crippen LogP contribution in [0.2, 0.25) is 0 Å². The van der Waals surface area contributed by atoms with Gasteiger partial charge in [-0.05, 0) is 54.7 Å². The smallest absolute Gasteiger partial charge is 0.251 e. The van der Waals surface area contributed by atoms with E-state index in [9.17, 15) is 9.59 Å². The number of piperidine rings is 1. The Hall–Kier alpha value is -3.35. The average Bonchev–Trinajstić information content (AvgIpc) is 3.21. The van der Waals surface area contributed by atoms with Crippen molar-refractivity contribution in [1.82, 2.24) is 20.2 Å². The molecule has 0 saturated carbocycles. The standard InChI is InChI=1S/C22H24N4O3/c1-29-17-5-2-4-16(12-17)22(28)25-14-20(27)26-10-7-15(8-11-26)19-13-24-21-18(19)6-3-9-23-21/h2-6,9,12-13,15H,7-8,10-11,14H2,1H3,(H,23,24)(H,25,28). The molecule has 3 heterocycles. The van der Waals surface area contributed by atoms with Crippen molar-refractivity contribution in [3.05, 3.63) is 59.9 Å². The molecule has 1 aromatic carbocycles. The molecule has 2 aromatic heterocycles. The summed E-state index contributed by atoms with van der Waals surface area (Å²) >= 11 is 0. The van der Waals surface area contributed by atoms with Crippen LogP contribution in [0.25, 0.3) is 11.0 Å². The van der Waals surface area contributed by atoms with Crippen LogP contribution < -0.4 is 10.1 Å². The number of likely N-dealkylation sites (tertiary alicyclic amines) is 1. The number of hydrogen-bond donors (Lipinski definition) is 2. The number of nitrogens with one attached hydrogen (secondary N) is 2. The highest BCUT2D eigenvalue weighted by Gasteiger charge is 2.25. The lowest BCUT2D eigenvalue weighted by Crippen LogP contribution is -2.43. The Morgan fingerprint density at radius 1 is 1.24 bits per heavy atom. The molecular formula is C22H24N4O3. The monoisotopic (exact) mass is 392 g/mol. The number of carbonyl (C=O) groups is 2. The van der Waals surface area contributed by atoms with Crippen molar-refractivity contribution in [1.29, 1.82) is 0 Å². The predicted molar refractivity (Wildman–Crippen MR) is 110 cm³/mol. The van der Waals surface area contributed by atoms with Gasteiger partial charge in [-0.25, -0.2) is 4.98 Å². The van der Waals surface area contributed by atoms with Crippen LogP contribution >= 0.6 is 0 Å². The molecule has 0 radical (unpaired) electrons. The molecule has 1 aliphatic heterocycles. The summed E-state index contributed by atoms with van der Waals surface area (Å²) < 4.78 is 5.13. The highest BCUT2D eigenvalue weighted by molar-refractivity contribution is 5.96. The fourth-order valence-corrected chi connectivity index (χ4v) is 3.89. The summed E-state index contributed by atoms with van der Waals surface area (Å²) in [4.78, 5) is 34.2. The van der Waals surface area contributed by atoms with E-state index < -0.39 is 0 Å². The van der Waals surface area contributed by atoms with E-state index >= 15 is 0 Å². The third-order valence-corrected chi connectivity index (χ3v) is 5.50. The molecule has 0 aliphatic carbocycles. The zero-order valence-corrected chi connectivity index (χ0v) is 16.4. The minimum atomic E-state index is -0.279. The zero-order valence-electron chi connectivity index (χ0n) is 16.4. The number of H-pyrrole nitrogens is 1. The van der Waals surface area contributed by atoms with Gasteiger partial charge in [0.2, 0.25) is 5.91 Å². The van der Waals surface area contributed by atoms with Crippen LogP contribution in [0.3, 0.4) is 0 Å². The number of carbonyl (C=O) groups excluding carboxylic acids is 2. The van der Waals surface area contributed by atoms with E-state index in [1.165, 1.54) is 5.56 Å².